The maximum Gasteiger partial charge on any atom is 0.240 e. The lowest BCUT2D eigenvalue weighted by Crippen LogP contribution is -2.40. The van der Waals surface area contributed by atoms with Gasteiger partial charge in [-0.15, -0.1) is 0 Å². The van der Waals surface area contributed by atoms with Crippen molar-refractivity contribution in [3.63, 3.8) is 0 Å². The zero-order valence-electron chi connectivity index (χ0n) is 15.7. The normalized spacial score (nSPS) is 14.6. The van der Waals surface area contributed by atoms with E-state index in [-0.39, 0.29) is 11.8 Å². The molecule has 1 saturated carbocycles. The molecule has 0 spiro atoms. The van der Waals surface area contributed by atoms with Crippen molar-refractivity contribution >= 4 is 17.5 Å². The molecule has 0 atom stereocenters. The summed E-state index contributed by atoms with van der Waals surface area (Å²) in [6.07, 6.45) is 2.04. The van der Waals surface area contributed by atoms with Crippen molar-refractivity contribution in [3.8, 4) is 0 Å². The summed E-state index contributed by atoms with van der Waals surface area (Å²) < 4.78 is 0. The molecule has 1 fully saturated rings. The van der Waals surface area contributed by atoms with Gasteiger partial charge in [0.1, 0.15) is 5.41 Å². The molecule has 3 rings (SSSR count). The summed E-state index contributed by atoms with van der Waals surface area (Å²) in [5.74, 6) is -0.367. The summed E-state index contributed by atoms with van der Waals surface area (Å²) in [7, 11) is 0. The van der Waals surface area contributed by atoms with Gasteiger partial charge in [0, 0.05) is 12.2 Å². The summed E-state index contributed by atoms with van der Waals surface area (Å²) in [6.45, 7) is 6.51. The van der Waals surface area contributed by atoms with E-state index in [2.05, 4.69) is 17.6 Å². The average molecular weight is 350 g/mol. The highest BCUT2D eigenvalue weighted by Gasteiger charge is 2.56. The molecule has 4 heteroatoms. The topological polar surface area (TPSA) is 58.2 Å². The fourth-order valence-corrected chi connectivity index (χ4v) is 3.27. The van der Waals surface area contributed by atoms with Crippen LogP contribution in [0.25, 0.3) is 0 Å². The number of hydrogen-bond acceptors (Lipinski definition) is 2. The largest absolute Gasteiger partial charge is 0.351 e. The zero-order chi connectivity index (χ0) is 18.7. The first-order valence-corrected chi connectivity index (χ1v) is 9.20. The Balaban J connectivity index is 1.69. The second kappa shape index (κ2) is 7.32. The molecule has 4 nitrogen and oxygen atoms in total. The molecule has 0 aliphatic heterocycles. The van der Waals surface area contributed by atoms with Gasteiger partial charge in [0.15, 0.2) is 0 Å². The third-order valence-corrected chi connectivity index (χ3v) is 5.30. The van der Waals surface area contributed by atoms with Crippen LogP contribution >= 0.6 is 0 Å². The van der Waals surface area contributed by atoms with Gasteiger partial charge < -0.3 is 10.6 Å². The second-order valence-electron chi connectivity index (χ2n) is 7.11. The zero-order valence-corrected chi connectivity index (χ0v) is 15.7. The predicted molar refractivity (Wildman–Crippen MR) is 104 cm³/mol. The number of para-hydroxylation sites is 1. The molecule has 136 valence electrons. The van der Waals surface area contributed by atoms with E-state index >= 15 is 0 Å². The van der Waals surface area contributed by atoms with Crippen molar-refractivity contribution < 1.29 is 9.59 Å². The molecule has 0 radical (unpaired) electrons. The minimum Gasteiger partial charge on any atom is -0.351 e. The molecule has 1 aliphatic rings. The smallest absolute Gasteiger partial charge is 0.240 e. The standard InChI is InChI=1S/C22H26N2O2/c1-4-17-11-7-9-16(3)19(17)24-21(26)22(12-13-22)20(25)23-14-18-10-6-5-8-15(18)2/h5-11H,4,12-14H2,1-3H3,(H,23,25)(H,24,26). The minimum absolute atomic E-state index is 0.176. The van der Waals surface area contributed by atoms with E-state index in [9.17, 15) is 9.59 Å². The van der Waals surface area contributed by atoms with Crippen molar-refractivity contribution in [2.24, 2.45) is 5.41 Å². The van der Waals surface area contributed by atoms with E-state index in [1.807, 2.05) is 56.3 Å². The monoisotopic (exact) mass is 350 g/mol. The molecule has 2 aromatic carbocycles. The number of anilines is 1. The van der Waals surface area contributed by atoms with Crippen LogP contribution < -0.4 is 10.6 Å². The van der Waals surface area contributed by atoms with Crippen molar-refractivity contribution in [2.45, 2.75) is 46.6 Å². The molecule has 0 aromatic heterocycles. The molecule has 2 aromatic rings. The Morgan fingerprint density at radius 2 is 1.58 bits per heavy atom. The fraction of sp³-hybridized carbons (Fsp3) is 0.364. The molecule has 2 amide bonds. The minimum atomic E-state index is -0.921. The van der Waals surface area contributed by atoms with Gasteiger partial charge >= 0.3 is 0 Å². The molecule has 0 saturated heterocycles. The van der Waals surface area contributed by atoms with Gasteiger partial charge in [-0.25, -0.2) is 0 Å². The Bertz CT molecular complexity index is 838. The van der Waals surface area contributed by atoms with Gasteiger partial charge in [-0.2, -0.15) is 0 Å². The number of amides is 2. The van der Waals surface area contributed by atoms with E-state index < -0.39 is 5.41 Å². The lowest BCUT2D eigenvalue weighted by molar-refractivity contribution is -0.134. The molecule has 0 unspecified atom stereocenters. The summed E-state index contributed by atoms with van der Waals surface area (Å²) in [4.78, 5) is 25.6. The molecule has 2 N–H and O–H groups in total. The van der Waals surface area contributed by atoms with Crippen LogP contribution in [0, 0.1) is 19.3 Å². The highest BCUT2D eigenvalue weighted by molar-refractivity contribution is 6.13. The Kier molecular flexibility index (Phi) is 5.12. The predicted octanol–water partition coefficient (Wildman–Crippen LogP) is 3.90. The van der Waals surface area contributed by atoms with Crippen LogP contribution in [0.4, 0.5) is 5.69 Å². The van der Waals surface area contributed by atoms with E-state index in [0.29, 0.717) is 19.4 Å². The highest BCUT2D eigenvalue weighted by Crippen LogP contribution is 2.47. The fourth-order valence-electron chi connectivity index (χ4n) is 3.27. The maximum absolute atomic E-state index is 12.9. The molecule has 0 heterocycles. The number of benzene rings is 2. The van der Waals surface area contributed by atoms with Crippen LogP contribution in [0.1, 0.15) is 42.0 Å². The number of aryl methyl sites for hydroxylation is 3. The number of carbonyl (C=O) groups excluding carboxylic acids is 2. The van der Waals surface area contributed by atoms with Gasteiger partial charge in [-0.3, -0.25) is 9.59 Å². The van der Waals surface area contributed by atoms with Crippen molar-refractivity contribution in [1.29, 1.82) is 0 Å². The first kappa shape index (κ1) is 18.2. The molecule has 1 aliphatic carbocycles. The SMILES string of the molecule is CCc1cccc(C)c1NC(=O)C1(C(=O)NCc2ccccc2C)CC1. The molecule has 26 heavy (non-hydrogen) atoms. The quantitative estimate of drug-likeness (QED) is 0.776. The lowest BCUT2D eigenvalue weighted by atomic mass is 10.0. The van der Waals surface area contributed by atoms with Gasteiger partial charge in [0.25, 0.3) is 0 Å². The van der Waals surface area contributed by atoms with Crippen LogP contribution in [0.5, 0.6) is 0 Å². The van der Waals surface area contributed by atoms with Crippen LogP contribution in [-0.4, -0.2) is 11.8 Å². The summed E-state index contributed by atoms with van der Waals surface area (Å²) >= 11 is 0. The number of rotatable bonds is 6. The van der Waals surface area contributed by atoms with Crippen molar-refractivity contribution in [2.75, 3.05) is 5.32 Å². The van der Waals surface area contributed by atoms with Gasteiger partial charge in [-0.05, 0) is 55.4 Å². The van der Waals surface area contributed by atoms with Crippen molar-refractivity contribution in [1.82, 2.24) is 5.32 Å². The molecular weight excluding hydrogens is 324 g/mol. The van der Waals surface area contributed by atoms with Crippen LogP contribution in [-0.2, 0) is 22.6 Å². The summed E-state index contributed by atoms with van der Waals surface area (Å²) in [5.41, 5.74) is 4.25. The average Bonchev–Trinajstić information content (AvgIpc) is 3.44. The number of carbonyl (C=O) groups is 2. The van der Waals surface area contributed by atoms with Crippen LogP contribution in [0.15, 0.2) is 42.5 Å². The lowest BCUT2D eigenvalue weighted by Gasteiger charge is -2.18. The second-order valence-corrected chi connectivity index (χ2v) is 7.11. The third kappa shape index (κ3) is 3.50. The number of hydrogen-bond donors (Lipinski definition) is 2. The van der Waals surface area contributed by atoms with E-state index in [1.165, 1.54) is 0 Å². The van der Waals surface area contributed by atoms with E-state index in [0.717, 1.165) is 34.4 Å². The summed E-state index contributed by atoms with van der Waals surface area (Å²) in [5, 5.41) is 5.98. The summed E-state index contributed by atoms with van der Waals surface area (Å²) in [6, 6.07) is 13.9. The van der Waals surface area contributed by atoms with Crippen molar-refractivity contribution in [3.05, 3.63) is 64.7 Å². The van der Waals surface area contributed by atoms with Gasteiger partial charge in [-0.1, -0.05) is 49.4 Å². The first-order valence-electron chi connectivity index (χ1n) is 9.20. The van der Waals surface area contributed by atoms with E-state index in [4.69, 9.17) is 0 Å². The van der Waals surface area contributed by atoms with Gasteiger partial charge in [0.05, 0.1) is 0 Å². The van der Waals surface area contributed by atoms with E-state index in [1.54, 1.807) is 0 Å². The Morgan fingerprint density at radius 1 is 0.923 bits per heavy atom. The number of nitrogens with one attached hydrogen (secondary N) is 2. The Hall–Kier alpha value is -2.62. The van der Waals surface area contributed by atoms with Crippen LogP contribution in [0.3, 0.4) is 0 Å². The Morgan fingerprint density at radius 3 is 2.23 bits per heavy atom. The van der Waals surface area contributed by atoms with Gasteiger partial charge in [0.2, 0.25) is 11.8 Å². The molecule has 0 bridgehead atoms. The molecular formula is C22H26N2O2. The Labute approximate surface area is 155 Å². The maximum atomic E-state index is 12.9. The first-order chi connectivity index (χ1) is 12.5. The third-order valence-electron chi connectivity index (χ3n) is 5.30. The van der Waals surface area contributed by atoms with Crippen LogP contribution in [0.2, 0.25) is 0 Å². The highest BCUT2D eigenvalue weighted by atomic mass is 16.2.